The molecule has 0 heterocycles. The Labute approximate surface area is 187 Å². The molecule has 0 N–H and O–H groups in total. The Morgan fingerprint density at radius 3 is 0.640 bits per heavy atom. The van der Waals surface area contributed by atoms with Gasteiger partial charge in [-0.3, -0.25) is 0 Å². The molecule has 0 aliphatic rings. The third kappa shape index (κ3) is 20.2. The van der Waals surface area contributed by atoms with E-state index in [1.807, 2.05) is 0 Å². The van der Waals surface area contributed by atoms with Crippen LogP contribution in [0.2, 0.25) is 0 Å². The van der Waals surface area contributed by atoms with E-state index in [-0.39, 0.29) is 34.9 Å². The molecule has 0 aromatic carbocycles. The van der Waals surface area contributed by atoms with E-state index in [1.54, 1.807) is 0 Å². The molecule has 13 heteroatoms. The van der Waals surface area contributed by atoms with Crippen molar-refractivity contribution in [2.24, 2.45) is 0 Å². The molecule has 0 unspecified atom stereocenters. The van der Waals surface area contributed by atoms with Crippen molar-refractivity contribution in [1.29, 1.82) is 0 Å². The second-order valence-electron chi connectivity index (χ2n) is 3.40. The van der Waals surface area contributed by atoms with Crippen molar-refractivity contribution < 1.29 is 29.7 Å². The largest absolute Gasteiger partial charge is 3.00 e. The van der Waals surface area contributed by atoms with E-state index in [1.165, 1.54) is 20.8 Å². The smallest absolute Gasteiger partial charge is 0.544 e. The van der Waals surface area contributed by atoms with Crippen LogP contribution in [0.15, 0.2) is 30.2 Å². The van der Waals surface area contributed by atoms with Crippen molar-refractivity contribution in [3.63, 3.8) is 0 Å². The Hall–Kier alpha value is 0.00636. The molecule has 138 valence electrons. The predicted molar refractivity (Wildman–Crippen MR) is 94.0 cm³/mol. The normalized spacial score (nSPS) is 12.4. The van der Waals surface area contributed by atoms with Crippen molar-refractivity contribution in [1.82, 2.24) is 0 Å². The standard InChI is InChI=1S/3C4H4Cl2O2.Ga/c3*1-2(5)3(6)4(7)8;/h3*1H3,(H,7,8);/q;;;+3/p-3/b3*3-2+;. The van der Waals surface area contributed by atoms with Crippen LogP contribution in [0.25, 0.3) is 0 Å². The monoisotopic (exact) mass is 528 g/mol. The summed E-state index contributed by atoms with van der Waals surface area (Å²) in [5.74, 6) is -4.34. The first kappa shape index (κ1) is 32.7. The van der Waals surface area contributed by atoms with Gasteiger partial charge in [0.2, 0.25) is 0 Å². The summed E-state index contributed by atoms with van der Waals surface area (Å²) in [7, 11) is 0. The van der Waals surface area contributed by atoms with Crippen LogP contribution in [0, 0.1) is 0 Å². The van der Waals surface area contributed by atoms with Gasteiger partial charge in [0.15, 0.2) is 0 Å². The maximum Gasteiger partial charge on any atom is 3.00 e. The molecule has 0 saturated heterocycles. The quantitative estimate of drug-likeness (QED) is 0.395. The van der Waals surface area contributed by atoms with Crippen molar-refractivity contribution >= 4 is 107 Å². The van der Waals surface area contributed by atoms with Gasteiger partial charge in [0.1, 0.15) is 0 Å². The van der Waals surface area contributed by atoms with E-state index in [4.69, 9.17) is 69.6 Å². The van der Waals surface area contributed by atoms with E-state index >= 15 is 0 Å². The summed E-state index contributed by atoms with van der Waals surface area (Å²) in [6.07, 6.45) is 0. The summed E-state index contributed by atoms with van der Waals surface area (Å²) >= 11 is 30.6. The number of carboxylic acid groups (broad SMARTS) is 3. The summed E-state index contributed by atoms with van der Waals surface area (Å²) < 4.78 is 0. The fourth-order valence-corrected chi connectivity index (χ4v) is 0.653. The van der Waals surface area contributed by atoms with Crippen LogP contribution in [0.4, 0.5) is 0 Å². The van der Waals surface area contributed by atoms with E-state index in [0.29, 0.717) is 0 Å². The van der Waals surface area contributed by atoms with Crippen molar-refractivity contribution in [3.05, 3.63) is 30.2 Å². The number of halogens is 6. The van der Waals surface area contributed by atoms with Crippen LogP contribution in [0.1, 0.15) is 20.8 Å². The molecule has 6 nitrogen and oxygen atoms in total. The van der Waals surface area contributed by atoms with Gasteiger partial charge >= 0.3 is 19.8 Å². The van der Waals surface area contributed by atoms with Gasteiger partial charge in [-0.05, 0) is 20.8 Å². The Kier molecular flexibility index (Phi) is 22.8. The van der Waals surface area contributed by atoms with Gasteiger partial charge in [-0.25, -0.2) is 0 Å². The number of allylic oxidation sites excluding steroid dienone is 3. The average molecular weight is 532 g/mol. The number of carbonyl (C=O) groups excluding carboxylic acids is 3. The molecule has 0 aromatic rings. The minimum absolute atomic E-state index is 0. The fraction of sp³-hybridized carbons (Fsp3) is 0.250. The second kappa shape index (κ2) is 17.4. The fourth-order valence-electron chi connectivity index (χ4n) is 0.422. The molecule has 0 aliphatic heterocycles. The predicted octanol–water partition coefficient (Wildman–Crippen LogP) is 0.955. The second-order valence-corrected chi connectivity index (χ2v) is 6.24. The molecular formula is C12H9Cl6GaO6. The van der Waals surface area contributed by atoms with Crippen LogP contribution in [-0.4, -0.2) is 37.7 Å². The van der Waals surface area contributed by atoms with Crippen LogP contribution in [0.5, 0.6) is 0 Å². The molecule has 0 spiro atoms. The van der Waals surface area contributed by atoms with E-state index in [0.717, 1.165) is 0 Å². The van der Waals surface area contributed by atoms with Gasteiger partial charge in [0, 0.05) is 15.1 Å². The number of hydrogen-bond acceptors (Lipinski definition) is 6. The minimum Gasteiger partial charge on any atom is -0.544 e. The average Bonchev–Trinajstić information content (AvgIpc) is 2.45. The van der Waals surface area contributed by atoms with Crippen LogP contribution in [0.3, 0.4) is 0 Å². The Morgan fingerprint density at radius 2 is 0.640 bits per heavy atom. The van der Waals surface area contributed by atoms with E-state index < -0.39 is 33.0 Å². The number of rotatable bonds is 3. The first-order chi connectivity index (χ1) is 10.7. The van der Waals surface area contributed by atoms with Gasteiger partial charge in [0.25, 0.3) is 0 Å². The molecule has 0 aliphatic carbocycles. The summed E-state index contributed by atoms with van der Waals surface area (Å²) in [5.41, 5.74) is 0. The SMILES string of the molecule is C/C(Cl)=C(\Cl)C(=O)[O-].C/C(Cl)=C(\Cl)C(=O)[O-].C/C(Cl)=C(\Cl)C(=O)[O-].[Ga+3]. The van der Waals surface area contributed by atoms with Gasteiger partial charge in [0.05, 0.1) is 33.0 Å². The number of carboxylic acids is 3. The molecule has 0 saturated carbocycles. The van der Waals surface area contributed by atoms with Crippen molar-refractivity contribution in [2.45, 2.75) is 20.8 Å². The molecule has 0 aromatic heterocycles. The number of hydrogen-bond donors (Lipinski definition) is 0. The van der Waals surface area contributed by atoms with Gasteiger partial charge in [-0.2, -0.15) is 0 Å². The van der Waals surface area contributed by atoms with Crippen molar-refractivity contribution in [2.75, 3.05) is 0 Å². The zero-order valence-electron chi connectivity index (χ0n) is 12.8. The Morgan fingerprint density at radius 1 is 0.520 bits per heavy atom. The van der Waals surface area contributed by atoms with E-state index in [9.17, 15) is 29.7 Å². The van der Waals surface area contributed by atoms with Crippen LogP contribution in [-0.2, 0) is 14.4 Å². The molecule has 0 rings (SSSR count). The third-order valence-electron chi connectivity index (χ3n) is 1.44. The van der Waals surface area contributed by atoms with Gasteiger partial charge < -0.3 is 29.7 Å². The number of aliphatic carboxylic acids is 3. The molecule has 0 bridgehead atoms. The summed E-state index contributed by atoms with van der Waals surface area (Å²) in [6.45, 7) is 4.12. The van der Waals surface area contributed by atoms with Gasteiger partial charge in [-0.1, -0.05) is 69.6 Å². The molecular weight excluding hydrogens is 523 g/mol. The van der Waals surface area contributed by atoms with E-state index in [2.05, 4.69) is 0 Å². The van der Waals surface area contributed by atoms with Crippen molar-refractivity contribution in [3.8, 4) is 0 Å². The molecule has 0 fully saturated rings. The maximum atomic E-state index is 9.76. The first-order valence-electron chi connectivity index (χ1n) is 5.36. The molecule has 0 atom stereocenters. The van der Waals surface area contributed by atoms with Crippen LogP contribution >= 0.6 is 69.6 Å². The first-order valence-corrected chi connectivity index (χ1v) is 7.63. The molecule has 0 radical (unpaired) electrons. The summed E-state index contributed by atoms with van der Waals surface area (Å²) in [4.78, 5) is 29.3. The number of carbonyl (C=O) groups is 3. The summed E-state index contributed by atoms with van der Waals surface area (Å²) in [5, 5.41) is 28.1. The molecule has 25 heavy (non-hydrogen) atoms. The topological polar surface area (TPSA) is 120 Å². The van der Waals surface area contributed by atoms with Gasteiger partial charge in [-0.15, -0.1) is 0 Å². The Balaban J connectivity index is -0.000000130. The zero-order valence-corrected chi connectivity index (χ0v) is 19.8. The maximum absolute atomic E-state index is 9.76. The summed E-state index contributed by atoms with van der Waals surface area (Å²) in [6, 6.07) is 0. The minimum atomic E-state index is -1.45. The third-order valence-corrected chi connectivity index (χ3v) is 3.62. The van der Waals surface area contributed by atoms with Crippen LogP contribution < -0.4 is 15.3 Å². The zero-order chi connectivity index (χ0) is 20.2. The molecule has 0 amide bonds. The Bertz CT molecular complexity index is 492.